The standard InChI is InChI=1S/C40H38N4O4.C2H6.H2/c1-26-8-13-35-36(19-26)44(24-33-15-18-46-33)38(42-35)22-31-11-10-30-21-37(31)47-17-4-5-27-20-28(29-14-16-41-40(23-29)45-2)9-12-32(27)25-48-39-7-3-6-34(30)43-39;1-2;/h3,6-14,16,19-21,23,33H,4-5,15,17-18,22,24-25H2,1-2H3;1-2H3;1H. The van der Waals surface area contributed by atoms with Crippen molar-refractivity contribution in [2.75, 3.05) is 20.3 Å². The number of pyridine rings is 2. The van der Waals surface area contributed by atoms with E-state index in [0.717, 1.165) is 88.5 Å². The summed E-state index contributed by atoms with van der Waals surface area (Å²) in [6.07, 6.45) is 5.41. The number of rotatable bonds is 6. The van der Waals surface area contributed by atoms with Gasteiger partial charge in [-0.1, -0.05) is 56.3 Å². The number of hydrogen-bond acceptors (Lipinski definition) is 7. The van der Waals surface area contributed by atoms with Gasteiger partial charge in [-0.3, -0.25) is 0 Å². The van der Waals surface area contributed by atoms with Crippen LogP contribution in [0.1, 0.15) is 56.2 Å². The summed E-state index contributed by atoms with van der Waals surface area (Å²) in [5.41, 5.74) is 10.8. The zero-order valence-corrected chi connectivity index (χ0v) is 29.3. The minimum absolute atomic E-state index is 0. The molecule has 6 aromatic rings. The number of nitrogens with zero attached hydrogens (tertiary/aromatic N) is 4. The Balaban J connectivity index is 0.00000147. The highest BCUT2D eigenvalue weighted by atomic mass is 16.5. The van der Waals surface area contributed by atoms with Gasteiger partial charge >= 0.3 is 0 Å². The molecule has 5 heterocycles. The molecule has 1 saturated heterocycles. The second-order valence-electron chi connectivity index (χ2n) is 12.6. The Hall–Kier alpha value is -5.21. The molecule has 0 saturated carbocycles. The van der Waals surface area contributed by atoms with E-state index in [0.29, 0.717) is 31.4 Å². The Morgan fingerprint density at radius 3 is 2.56 bits per heavy atom. The van der Waals surface area contributed by atoms with Crippen LogP contribution in [0, 0.1) is 6.92 Å². The Labute approximate surface area is 295 Å². The van der Waals surface area contributed by atoms with Crippen LogP contribution in [0.15, 0.2) is 91.1 Å². The van der Waals surface area contributed by atoms with Crippen LogP contribution in [-0.4, -0.2) is 45.9 Å². The lowest BCUT2D eigenvalue weighted by atomic mass is 9.97. The average molecular weight is 671 g/mol. The molecule has 1 fully saturated rings. The molecular formula is C42H46N4O4. The van der Waals surface area contributed by atoms with Crippen molar-refractivity contribution in [3.63, 3.8) is 0 Å². The summed E-state index contributed by atoms with van der Waals surface area (Å²) < 4.78 is 26.5. The first-order chi connectivity index (χ1) is 24.6. The number of aromatic nitrogens is 4. The molecule has 1 atom stereocenters. The van der Waals surface area contributed by atoms with E-state index in [1.54, 1.807) is 13.3 Å². The van der Waals surface area contributed by atoms with Crippen LogP contribution >= 0.6 is 0 Å². The molecular weight excluding hydrogens is 624 g/mol. The quantitative estimate of drug-likeness (QED) is 0.175. The Morgan fingerprint density at radius 1 is 0.860 bits per heavy atom. The predicted octanol–water partition coefficient (Wildman–Crippen LogP) is 9.03. The van der Waals surface area contributed by atoms with Gasteiger partial charge in [0.1, 0.15) is 18.2 Å². The van der Waals surface area contributed by atoms with Gasteiger partial charge in [0.05, 0.1) is 43.1 Å². The van der Waals surface area contributed by atoms with Crippen molar-refractivity contribution >= 4 is 11.0 Å². The van der Waals surface area contributed by atoms with E-state index < -0.39 is 0 Å². The summed E-state index contributed by atoms with van der Waals surface area (Å²) in [4.78, 5) is 14.3. The fourth-order valence-corrected chi connectivity index (χ4v) is 6.55. The number of fused-ring (bicyclic) bond motifs is 7. The van der Waals surface area contributed by atoms with Gasteiger partial charge in [0.15, 0.2) is 0 Å². The molecule has 0 amide bonds. The molecule has 258 valence electrons. The number of methoxy groups -OCH3 is 1. The van der Waals surface area contributed by atoms with Gasteiger partial charge in [0.2, 0.25) is 11.8 Å². The molecule has 1 unspecified atom stereocenters. The van der Waals surface area contributed by atoms with Crippen LogP contribution in [0.25, 0.3) is 33.4 Å². The molecule has 50 heavy (non-hydrogen) atoms. The topological polar surface area (TPSA) is 80.5 Å². The average Bonchev–Trinajstić information content (AvgIpc) is 3.47. The van der Waals surface area contributed by atoms with Gasteiger partial charge in [-0.2, -0.15) is 0 Å². The molecule has 0 spiro atoms. The zero-order chi connectivity index (χ0) is 34.5. The number of imidazole rings is 1. The number of aryl methyl sites for hydroxylation is 2. The maximum absolute atomic E-state index is 6.63. The molecule has 2 aliphatic rings. The van der Waals surface area contributed by atoms with Crippen molar-refractivity contribution in [1.29, 1.82) is 0 Å². The van der Waals surface area contributed by atoms with Crippen molar-refractivity contribution in [1.82, 2.24) is 19.5 Å². The van der Waals surface area contributed by atoms with E-state index in [2.05, 4.69) is 71.1 Å². The highest BCUT2D eigenvalue weighted by molar-refractivity contribution is 5.77. The van der Waals surface area contributed by atoms with E-state index in [1.165, 1.54) is 11.1 Å². The van der Waals surface area contributed by atoms with Crippen molar-refractivity contribution < 1.29 is 20.4 Å². The lowest BCUT2D eigenvalue weighted by molar-refractivity contribution is -0.0589. The first-order valence-electron chi connectivity index (χ1n) is 17.7. The predicted molar refractivity (Wildman–Crippen MR) is 199 cm³/mol. The molecule has 0 N–H and O–H groups in total. The number of hydrogen-bond donors (Lipinski definition) is 0. The SMILES string of the molecule is CC.COc1cc(-c2ccc3c(c2)CCCOc2cc(ccc2Cc2nc4ccc(C)cc4n2CC2CCO2)-c2cccc(n2)OC3)ccn1.[HH]. The molecule has 8 rings (SSSR count). The van der Waals surface area contributed by atoms with Crippen LogP contribution in [0.3, 0.4) is 0 Å². The first kappa shape index (κ1) is 33.3. The van der Waals surface area contributed by atoms with E-state index in [-0.39, 0.29) is 7.53 Å². The minimum atomic E-state index is 0. The molecule has 3 aromatic heterocycles. The molecule has 2 aliphatic heterocycles. The van der Waals surface area contributed by atoms with Crippen molar-refractivity contribution in [3.05, 3.63) is 119 Å². The number of ether oxygens (including phenoxy) is 4. The second-order valence-corrected chi connectivity index (χ2v) is 12.6. The van der Waals surface area contributed by atoms with Gasteiger partial charge in [0, 0.05) is 43.9 Å². The van der Waals surface area contributed by atoms with E-state index >= 15 is 0 Å². The lowest BCUT2D eigenvalue weighted by Gasteiger charge is -2.27. The van der Waals surface area contributed by atoms with Crippen molar-refractivity contribution in [3.8, 4) is 39.9 Å². The Kier molecular flexibility index (Phi) is 10.1. The van der Waals surface area contributed by atoms with Crippen LogP contribution in [-0.2, 0) is 30.7 Å². The first-order valence-corrected chi connectivity index (χ1v) is 17.7. The second kappa shape index (κ2) is 15.1. The summed E-state index contributed by atoms with van der Waals surface area (Å²) in [5, 5.41) is 0. The van der Waals surface area contributed by atoms with Gasteiger partial charge in [0.25, 0.3) is 0 Å². The van der Waals surface area contributed by atoms with Crippen molar-refractivity contribution in [2.24, 2.45) is 0 Å². The minimum Gasteiger partial charge on any atom is -0.493 e. The van der Waals surface area contributed by atoms with Crippen LogP contribution in [0.2, 0.25) is 0 Å². The highest BCUT2D eigenvalue weighted by Crippen LogP contribution is 2.32. The third-order valence-electron chi connectivity index (χ3n) is 9.30. The third kappa shape index (κ3) is 7.21. The fraction of sp³-hybridized carbons (Fsp3) is 0.310. The van der Waals surface area contributed by atoms with Crippen molar-refractivity contribution in [2.45, 2.75) is 65.7 Å². The lowest BCUT2D eigenvalue weighted by Crippen LogP contribution is -2.31. The molecule has 3 aromatic carbocycles. The van der Waals surface area contributed by atoms with E-state index in [1.807, 2.05) is 44.2 Å². The highest BCUT2D eigenvalue weighted by Gasteiger charge is 2.23. The largest absolute Gasteiger partial charge is 0.493 e. The van der Waals surface area contributed by atoms with Gasteiger partial charge < -0.3 is 23.5 Å². The Morgan fingerprint density at radius 2 is 1.72 bits per heavy atom. The molecule has 0 aliphatic carbocycles. The van der Waals surface area contributed by atoms with Gasteiger partial charge in [-0.25, -0.2) is 15.0 Å². The van der Waals surface area contributed by atoms with E-state index in [4.69, 9.17) is 28.9 Å². The van der Waals surface area contributed by atoms with Gasteiger partial charge in [-0.15, -0.1) is 0 Å². The number of benzene rings is 3. The fourth-order valence-electron chi connectivity index (χ4n) is 6.55. The summed E-state index contributed by atoms with van der Waals surface area (Å²) in [7, 11) is 1.64. The normalized spacial score (nSPS) is 15.3. The Bertz CT molecular complexity index is 2110. The molecule has 8 heteroatoms. The van der Waals surface area contributed by atoms with Crippen LogP contribution in [0.5, 0.6) is 17.5 Å². The molecule has 8 nitrogen and oxygen atoms in total. The summed E-state index contributed by atoms with van der Waals surface area (Å²) in [5.74, 6) is 3.05. The van der Waals surface area contributed by atoms with Gasteiger partial charge in [-0.05, 0) is 84.3 Å². The van der Waals surface area contributed by atoms with Crippen LogP contribution < -0.4 is 14.2 Å². The van der Waals surface area contributed by atoms with Crippen LogP contribution in [0.4, 0.5) is 0 Å². The zero-order valence-electron chi connectivity index (χ0n) is 29.3. The summed E-state index contributed by atoms with van der Waals surface area (Å²) in [6.45, 7) is 8.76. The smallest absolute Gasteiger partial charge is 0.214 e. The summed E-state index contributed by atoms with van der Waals surface area (Å²) in [6, 6.07) is 29.3. The monoisotopic (exact) mass is 670 g/mol. The maximum Gasteiger partial charge on any atom is 0.214 e. The molecule has 0 radical (unpaired) electrons. The van der Waals surface area contributed by atoms with E-state index in [9.17, 15) is 0 Å². The summed E-state index contributed by atoms with van der Waals surface area (Å²) >= 11 is 0. The third-order valence-corrected chi connectivity index (χ3v) is 9.30. The maximum atomic E-state index is 6.63. The molecule has 4 bridgehead atoms.